The smallest absolute Gasteiger partial charge is 0.302 e. The van der Waals surface area contributed by atoms with Crippen LogP contribution in [0.15, 0.2) is 24.3 Å². The second-order valence-electron chi connectivity index (χ2n) is 4.56. The van der Waals surface area contributed by atoms with Crippen molar-refractivity contribution in [1.82, 2.24) is 0 Å². The van der Waals surface area contributed by atoms with Crippen LogP contribution in [0.4, 0.5) is 22.0 Å². The highest BCUT2D eigenvalue weighted by Gasteiger charge is 2.57. The molecule has 0 heterocycles. The molecule has 1 aromatic carbocycles. The van der Waals surface area contributed by atoms with Crippen molar-refractivity contribution in [1.29, 1.82) is 0 Å². The minimum absolute atomic E-state index is 0.205. The van der Waals surface area contributed by atoms with E-state index in [0.29, 0.717) is 6.29 Å². The molecular formula is C12H9F5O. The normalized spacial score (nSPS) is 21.2. The molecule has 1 saturated carbocycles. The zero-order valence-electron chi connectivity index (χ0n) is 9.10. The first-order valence-electron chi connectivity index (χ1n) is 5.20. The Morgan fingerprint density at radius 1 is 1.06 bits per heavy atom. The van der Waals surface area contributed by atoms with Crippen LogP contribution in [0.5, 0.6) is 0 Å². The van der Waals surface area contributed by atoms with Crippen molar-refractivity contribution in [2.24, 2.45) is 0 Å². The highest BCUT2D eigenvalue weighted by atomic mass is 19.4. The molecule has 0 aliphatic heterocycles. The maximum atomic E-state index is 12.8. The molecule has 1 fully saturated rings. The van der Waals surface area contributed by atoms with Gasteiger partial charge in [-0.3, -0.25) is 0 Å². The summed E-state index contributed by atoms with van der Waals surface area (Å²) >= 11 is 0. The summed E-state index contributed by atoms with van der Waals surface area (Å²) in [6, 6.07) is 3.78. The van der Waals surface area contributed by atoms with E-state index in [9.17, 15) is 26.7 Å². The Hall–Kier alpha value is -1.46. The summed E-state index contributed by atoms with van der Waals surface area (Å²) in [7, 11) is 0. The molecule has 98 valence electrons. The summed E-state index contributed by atoms with van der Waals surface area (Å²) in [5.41, 5.74) is -2.00. The number of halogens is 5. The monoisotopic (exact) mass is 264 g/mol. The van der Waals surface area contributed by atoms with E-state index in [0.717, 1.165) is 24.3 Å². The molecule has 6 heteroatoms. The van der Waals surface area contributed by atoms with E-state index in [2.05, 4.69) is 0 Å². The van der Waals surface area contributed by atoms with Gasteiger partial charge in [0.25, 0.3) is 5.92 Å². The molecule has 1 aliphatic carbocycles. The fourth-order valence-corrected chi connectivity index (χ4v) is 2.22. The largest absolute Gasteiger partial charge is 0.416 e. The van der Waals surface area contributed by atoms with Gasteiger partial charge in [0, 0.05) is 12.8 Å². The van der Waals surface area contributed by atoms with Gasteiger partial charge in [0.2, 0.25) is 0 Å². The highest BCUT2D eigenvalue weighted by molar-refractivity contribution is 5.71. The average molecular weight is 264 g/mol. The molecule has 1 nitrogen and oxygen atoms in total. The predicted octanol–water partition coefficient (Wildman–Crippen LogP) is 3.57. The zero-order valence-corrected chi connectivity index (χ0v) is 9.10. The van der Waals surface area contributed by atoms with Gasteiger partial charge >= 0.3 is 6.18 Å². The maximum absolute atomic E-state index is 12.8. The Kier molecular flexibility index (Phi) is 2.72. The van der Waals surface area contributed by atoms with Crippen LogP contribution in [0.2, 0.25) is 0 Å². The maximum Gasteiger partial charge on any atom is 0.416 e. The summed E-state index contributed by atoms with van der Waals surface area (Å²) in [6.45, 7) is 0. The summed E-state index contributed by atoms with van der Waals surface area (Å²) in [6.07, 6.45) is -5.37. The lowest BCUT2D eigenvalue weighted by Crippen LogP contribution is -2.50. The van der Waals surface area contributed by atoms with Gasteiger partial charge in [-0.2, -0.15) is 13.2 Å². The van der Waals surface area contributed by atoms with E-state index in [4.69, 9.17) is 0 Å². The molecule has 0 N–H and O–H groups in total. The summed E-state index contributed by atoms with van der Waals surface area (Å²) in [5, 5.41) is 0. The molecule has 0 saturated heterocycles. The summed E-state index contributed by atoms with van der Waals surface area (Å²) < 4.78 is 62.7. The Labute approximate surface area is 99.6 Å². The van der Waals surface area contributed by atoms with Crippen molar-refractivity contribution in [3.05, 3.63) is 35.4 Å². The van der Waals surface area contributed by atoms with Gasteiger partial charge in [-0.15, -0.1) is 0 Å². The molecule has 0 radical (unpaired) electrons. The van der Waals surface area contributed by atoms with E-state index in [1.165, 1.54) is 0 Å². The topological polar surface area (TPSA) is 17.1 Å². The van der Waals surface area contributed by atoms with Gasteiger partial charge in [-0.25, -0.2) is 8.78 Å². The molecule has 0 spiro atoms. The van der Waals surface area contributed by atoms with Gasteiger partial charge in [0.15, 0.2) is 0 Å². The Balaban J connectivity index is 2.27. The lowest BCUT2D eigenvalue weighted by molar-refractivity contribution is -0.146. The van der Waals surface area contributed by atoms with Crippen LogP contribution in [0.1, 0.15) is 24.0 Å². The third kappa shape index (κ3) is 2.11. The van der Waals surface area contributed by atoms with Crippen LogP contribution in [0, 0.1) is 0 Å². The van der Waals surface area contributed by atoms with Crippen molar-refractivity contribution >= 4 is 6.29 Å². The lowest BCUT2D eigenvalue weighted by atomic mass is 9.63. The van der Waals surface area contributed by atoms with Crippen LogP contribution >= 0.6 is 0 Å². The van der Waals surface area contributed by atoms with Crippen molar-refractivity contribution in [2.45, 2.75) is 30.4 Å². The fourth-order valence-electron chi connectivity index (χ4n) is 2.22. The van der Waals surface area contributed by atoms with Crippen molar-refractivity contribution < 1.29 is 26.7 Å². The van der Waals surface area contributed by atoms with Crippen LogP contribution < -0.4 is 0 Å². The van der Waals surface area contributed by atoms with E-state index in [1.807, 2.05) is 0 Å². The zero-order chi connectivity index (χ0) is 13.6. The number of benzene rings is 1. The van der Waals surface area contributed by atoms with E-state index in [-0.39, 0.29) is 5.56 Å². The summed E-state index contributed by atoms with van der Waals surface area (Å²) in [4.78, 5) is 10.9. The molecule has 1 aliphatic rings. The molecule has 1 aromatic rings. The molecular weight excluding hydrogens is 255 g/mol. The number of hydrogen-bond acceptors (Lipinski definition) is 1. The first kappa shape index (κ1) is 13.0. The molecule has 0 aromatic heterocycles. The van der Waals surface area contributed by atoms with Crippen LogP contribution in [-0.4, -0.2) is 12.2 Å². The number of aldehydes is 1. The third-order valence-electron chi connectivity index (χ3n) is 3.16. The Bertz CT molecular complexity index is 452. The average Bonchev–Trinajstić information content (AvgIpc) is 2.24. The van der Waals surface area contributed by atoms with E-state index in [1.54, 1.807) is 0 Å². The minimum Gasteiger partial charge on any atom is -0.302 e. The molecule has 0 unspecified atom stereocenters. The van der Waals surface area contributed by atoms with Crippen LogP contribution in [0.25, 0.3) is 0 Å². The number of carbonyl (C=O) groups excluding carboxylic acids is 1. The Morgan fingerprint density at radius 2 is 1.56 bits per heavy atom. The van der Waals surface area contributed by atoms with Crippen LogP contribution in [-0.2, 0) is 16.4 Å². The van der Waals surface area contributed by atoms with Crippen molar-refractivity contribution in [3.63, 3.8) is 0 Å². The number of hydrogen-bond donors (Lipinski definition) is 0. The van der Waals surface area contributed by atoms with Gasteiger partial charge in [-0.1, -0.05) is 12.1 Å². The molecule has 18 heavy (non-hydrogen) atoms. The SMILES string of the molecule is O=CC1(c2ccc(C(F)(F)F)cc2)CC(F)(F)C1. The first-order chi connectivity index (χ1) is 8.19. The van der Waals surface area contributed by atoms with Gasteiger partial charge < -0.3 is 4.79 Å². The minimum atomic E-state index is -4.48. The second-order valence-corrected chi connectivity index (χ2v) is 4.56. The van der Waals surface area contributed by atoms with Crippen molar-refractivity contribution in [2.75, 3.05) is 0 Å². The van der Waals surface area contributed by atoms with E-state index >= 15 is 0 Å². The highest BCUT2D eigenvalue weighted by Crippen LogP contribution is 2.52. The first-order valence-corrected chi connectivity index (χ1v) is 5.20. The molecule has 2 rings (SSSR count). The predicted molar refractivity (Wildman–Crippen MR) is 53.4 cm³/mol. The quantitative estimate of drug-likeness (QED) is 0.589. The fraction of sp³-hybridized carbons (Fsp3) is 0.417. The number of rotatable bonds is 2. The standard InChI is InChI=1S/C12H9F5O/c13-11(14)5-10(6-11,7-18)8-1-3-9(4-2-8)12(15,16)17/h1-4,7H,5-6H2. The third-order valence-corrected chi connectivity index (χ3v) is 3.16. The molecule has 0 atom stereocenters. The van der Waals surface area contributed by atoms with E-state index < -0.39 is 35.9 Å². The lowest BCUT2D eigenvalue weighted by Gasteiger charge is -2.43. The second kappa shape index (κ2) is 3.76. The Morgan fingerprint density at radius 3 is 1.89 bits per heavy atom. The van der Waals surface area contributed by atoms with Gasteiger partial charge in [0.1, 0.15) is 6.29 Å². The number of carbonyl (C=O) groups is 1. The molecule has 0 amide bonds. The number of alkyl halides is 5. The van der Waals surface area contributed by atoms with Gasteiger partial charge in [0.05, 0.1) is 11.0 Å². The molecule has 0 bridgehead atoms. The van der Waals surface area contributed by atoms with Gasteiger partial charge in [-0.05, 0) is 17.7 Å². The van der Waals surface area contributed by atoms with Crippen LogP contribution in [0.3, 0.4) is 0 Å². The summed E-state index contributed by atoms with van der Waals surface area (Å²) in [5.74, 6) is -2.91. The van der Waals surface area contributed by atoms with Crippen molar-refractivity contribution in [3.8, 4) is 0 Å².